The lowest BCUT2D eigenvalue weighted by molar-refractivity contribution is -0.130. The lowest BCUT2D eigenvalue weighted by atomic mass is 10.4. The van der Waals surface area contributed by atoms with Crippen LogP contribution in [0.5, 0.6) is 0 Å². The molecule has 0 atom stereocenters. The quantitative estimate of drug-likeness (QED) is 0.763. The highest BCUT2D eigenvalue weighted by Crippen LogP contribution is 2.22. The van der Waals surface area contributed by atoms with Crippen LogP contribution >= 0.6 is 22.9 Å². The minimum absolute atomic E-state index is 0.157. The molecule has 1 amide bonds. The van der Waals surface area contributed by atoms with E-state index in [0.29, 0.717) is 13.0 Å². The molecule has 1 rings (SSSR count). The normalized spacial score (nSPS) is 10.1. The van der Waals surface area contributed by atoms with Crippen molar-refractivity contribution < 1.29 is 4.79 Å². The molecule has 0 aliphatic heterocycles. The van der Waals surface area contributed by atoms with Crippen molar-refractivity contribution in [1.29, 1.82) is 0 Å². The van der Waals surface area contributed by atoms with E-state index in [1.54, 1.807) is 11.9 Å². The molecule has 2 nitrogen and oxygen atoms in total. The van der Waals surface area contributed by atoms with Gasteiger partial charge in [-0.05, 0) is 12.1 Å². The summed E-state index contributed by atoms with van der Waals surface area (Å²) in [6, 6.07) is 3.80. The Labute approximate surface area is 87.1 Å². The summed E-state index contributed by atoms with van der Waals surface area (Å²) in [6.07, 6.45) is 0.551. The lowest BCUT2D eigenvalue weighted by Crippen LogP contribution is -2.24. The minimum Gasteiger partial charge on any atom is -0.341 e. The number of carbonyl (C=O) groups excluding carboxylic acids is 1. The molecule has 1 aromatic rings. The van der Waals surface area contributed by atoms with E-state index in [1.165, 1.54) is 11.3 Å². The van der Waals surface area contributed by atoms with Crippen LogP contribution in [0.1, 0.15) is 18.2 Å². The molecule has 0 aromatic carbocycles. The average molecular weight is 218 g/mol. The molecule has 0 radical (unpaired) electrons. The van der Waals surface area contributed by atoms with Crippen LogP contribution in [0.4, 0.5) is 0 Å². The Morgan fingerprint density at radius 3 is 2.77 bits per heavy atom. The van der Waals surface area contributed by atoms with Crippen molar-refractivity contribution in [3.63, 3.8) is 0 Å². The average Bonchev–Trinajstić information content (AvgIpc) is 2.49. The summed E-state index contributed by atoms with van der Waals surface area (Å²) in [4.78, 5) is 14.1. The topological polar surface area (TPSA) is 20.3 Å². The number of halogens is 1. The molecule has 0 saturated carbocycles. The molecule has 0 N–H and O–H groups in total. The van der Waals surface area contributed by atoms with Crippen LogP contribution in [-0.2, 0) is 11.3 Å². The Kier molecular flexibility index (Phi) is 3.75. The maximum Gasteiger partial charge on any atom is 0.222 e. The number of hydrogen-bond acceptors (Lipinski definition) is 2. The van der Waals surface area contributed by atoms with E-state index < -0.39 is 0 Å². The highest BCUT2D eigenvalue weighted by molar-refractivity contribution is 7.16. The van der Waals surface area contributed by atoms with Crippen LogP contribution in [0, 0.1) is 0 Å². The third kappa shape index (κ3) is 3.01. The summed E-state index contributed by atoms with van der Waals surface area (Å²) in [5, 5.41) is 0. The van der Waals surface area contributed by atoms with Crippen molar-refractivity contribution in [3.05, 3.63) is 21.3 Å². The molecule has 72 valence electrons. The number of thiophene rings is 1. The van der Waals surface area contributed by atoms with Gasteiger partial charge in [-0.2, -0.15) is 0 Å². The molecule has 0 spiro atoms. The Morgan fingerprint density at radius 2 is 2.31 bits per heavy atom. The zero-order valence-corrected chi connectivity index (χ0v) is 9.28. The maximum absolute atomic E-state index is 11.2. The SMILES string of the molecule is CCC(=O)N(C)Cc1ccc(Cl)s1. The van der Waals surface area contributed by atoms with Crippen molar-refractivity contribution in [2.24, 2.45) is 0 Å². The molecule has 4 heteroatoms. The van der Waals surface area contributed by atoms with E-state index in [9.17, 15) is 4.79 Å². The van der Waals surface area contributed by atoms with Gasteiger partial charge in [-0.15, -0.1) is 11.3 Å². The van der Waals surface area contributed by atoms with E-state index in [4.69, 9.17) is 11.6 Å². The van der Waals surface area contributed by atoms with Gasteiger partial charge in [0.25, 0.3) is 0 Å². The molecule has 1 heterocycles. The van der Waals surface area contributed by atoms with Crippen LogP contribution in [0.25, 0.3) is 0 Å². The second-order valence-electron chi connectivity index (χ2n) is 2.81. The summed E-state index contributed by atoms with van der Waals surface area (Å²) in [5.41, 5.74) is 0. The first kappa shape index (κ1) is 10.5. The third-order valence-electron chi connectivity index (χ3n) is 1.75. The molecular weight excluding hydrogens is 206 g/mol. The van der Waals surface area contributed by atoms with Crippen LogP contribution in [-0.4, -0.2) is 17.9 Å². The lowest BCUT2D eigenvalue weighted by Gasteiger charge is -2.14. The fourth-order valence-electron chi connectivity index (χ4n) is 1.03. The molecule has 0 saturated heterocycles. The van der Waals surface area contributed by atoms with Crippen molar-refractivity contribution in [2.45, 2.75) is 19.9 Å². The largest absolute Gasteiger partial charge is 0.341 e. The number of rotatable bonds is 3. The third-order valence-corrected chi connectivity index (χ3v) is 2.97. The van der Waals surface area contributed by atoms with Crippen molar-refractivity contribution in [2.75, 3.05) is 7.05 Å². The van der Waals surface area contributed by atoms with Gasteiger partial charge in [0.15, 0.2) is 0 Å². The van der Waals surface area contributed by atoms with E-state index in [0.717, 1.165) is 9.21 Å². The molecule has 0 aliphatic rings. The highest BCUT2D eigenvalue weighted by Gasteiger charge is 2.07. The van der Waals surface area contributed by atoms with Gasteiger partial charge in [0, 0.05) is 18.3 Å². The summed E-state index contributed by atoms with van der Waals surface area (Å²) < 4.78 is 0.771. The number of carbonyl (C=O) groups is 1. The number of hydrogen-bond donors (Lipinski definition) is 0. The molecular formula is C9H12ClNOS. The Hall–Kier alpha value is -0.540. The van der Waals surface area contributed by atoms with Crippen molar-refractivity contribution in [1.82, 2.24) is 4.90 Å². The van der Waals surface area contributed by atoms with E-state index >= 15 is 0 Å². The monoisotopic (exact) mass is 217 g/mol. The van der Waals surface area contributed by atoms with Gasteiger partial charge in [-0.1, -0.05) is 18.5 Å². The first-order valence-electron chi connectivity index (χ1n) is 4.11. The van der Waals surface area contributed by atoms with Crippen LogP contribution in [0.15, 0.2) is 12.1 Å². The van der Waals surface area contributed by atoms with Crippen LogP contribution < -0.4 is 0 Å². The predicted octanol–water partition coefficient (Wildman–Crippen LogP) is 2.77. The standard InChI is InChI=1S/C9H12ClNOS/c1-3-9(12)11(2)6-7-4-5-8(10)13-7/h4-5H,3,6H2,1-2H3. The molecule has 0 fully saturated rings. The first-order valence-corrected chi connectivity index (χ1v) is 5.31. The van der Waals surface area contributed by atoms with Crippen molar-refractivity contribution in [3.8, 4) is 0 Å². The zero-order valence-electron chi connectivity index (χ0n) is 7.71. The predicted molar refractivity (Wildman–Crippen MR) is 56.1 cm³/mol. The van der Waals surface area contributed by atoms with E-state index in [2.05, 4.69) is 0 Å². The van der Waals surface area contributed by atoms with Crippen LogP contribution in [0.2, 0.25) is 4.34 Å². The summed E-state index contributed by atoms with van der Waals surface area (Å²) in [5.74, 6) is 0.157. The second-order valence-corrected chi connectivity index (χ2v) is 4.61. The summed E-state index contributed by atoms with van der Waals surface area (Å²) >= 11 is 7.29. The Balaban J connectivity index is 2.54. The smallest absolute Gasteiger partial charge is 0.222 e. The van der Waals surface area contributed by atoms with Crippen LogP contribution in [0.3, 0.4) is 0 Å². The van der Waals surface area contributed by atoms with Gasteiger partial charge in [0.05, 0.1) is 10.9 Å². The van der Waals surface area contributed by atoms with Gasteiger partial charge in [-0.25, -0.2) is 0 Å². The Morgan fingerprint density at radius 1 is 1.62 bits per heavy atom. The molecule has 1 aromatic heterocycles. The van der Waals surface area contributed by atoms with E-state index in [-0.39, 0.29) is 5.91 Å². The fourth-order valence-corrected chi connectivity index (χ4v) is 2.17. The van der Waals surface area contributed by atoms with Gasteiger partial charge in [0.2, 0.25) is 5.91 Å². The number of amides is 1. The highest BCUT2D eigenvalue weighted by atomic mass is 35.5. The van der Waals surface area contributed by atoms with Gasteiger partial charge < -0.3 is 4.90 Å². The van der Waals surface area contributed by atoms with Crippen molar-refractivity contribution >= 4 is 28.8 Å². The molecule has 0 unspecified atom stereocenters. The molecule has 0 aliphatic carbocycles. The molecule has 13 heavy (non-hydrogen) atoms. The van der Waals surface area contributed by atoms with Gasteiger partial charge in [-0.3, -0.25) is 4.79 Å². The zero-order chi connectivity index (χ0) is 9.84. The van der Waals surface area contributed by atoms with E-state index in [1.807, 2.05) is 19.1 Å². The maximum atomic E-state index is 11.2. The first-order chi connectivity index (χ1) is 6.13. The molecule has 0 bridgehead atoms. The fraction of sp³-hybridized carbons (Fsp3) is 0.444. The summed E-state index contributed by atoms with van der Waals surface area (Å²) in [6.45, 7) is 2.52. The van der Waals surface area contributed by atoms with Gasteiger partial charge in [0.1, 0.15) is 0 Å². The summed E-state index contributed by atoms with van der Waals surface area (Å²) in [7, 11) is 1.81. The van der Waals surface area contributed by atoms with Gasteiger partial charge >= 0.3 is 0 Å². The minimum atomic E-state index is 0.157. The Bertz CT molecular complexity index is 298. The second kappa shape index (κ2) is 4.63. The number of nitrogens with zero attached hydrogens (tertiary/aromatic N) is 1.